The van der Waals surface area contributed by atoms with Crippen molar-refractivity contribution in [3.05, 3.63) is 0 Å². The van der Waals surface area contributed by atoms with Gasteiger partial charge in [0.25, 0.3) is 0 Å². The molecule has 0 unspecified atom stereocenters. The Bertz CT molecular complexity index is 75.8. The van der Waals surface area contributed by atoms with Gasteiger partial charge in [-0.1, -0.05) is 26.7 Å². The van der Waals surface area contributed by atoms with E-state index in [0.717, 1.165) is 19.3 Å². The summed E-state index contributed by atoms with van der Waals surface area (Å²) in [6.45, 7) is 4.68. The number of unbranched alkanes of at least 4 members (excludes halogenated alkanes) is 1. The fourth-order valence-electron chi connectivity index (χ4n) is 0.801. The van der Waals surface area contributed by atoms with Crippen molar-refractivity contribution in [1.82, 2.24) is 5.39 Å². The fourth-order valence-corrected chi connectivity index (χ4v) is 0.801. The maximum atomic E-state index is 8.13. The lowest BCUT2D eigenvalue weighted by molar-refractivity contribution is -0.492. The third kappa shape index (κ3) is 9.84. The third-order valence-electron chi connectivity index (χ3n) is 1.38. The van der Waals surface area contributed by atoms with Gasteiger partial charge in [-0.3, -0.25) is 15.3 Å². The Morgan fingerprint density at radius 1 is 1.27 bits per heavy atom. The van der Waals surface area contributed by atoms with Crippen LogP contribution in [0.2, 0.25) is 0 Å². The monoisotopic (exact) mass is 163 g/mol. The molecular weight excluding hydrogens is 146 g/mol. The minimum atomic E-state index is -0.241. The zero-order valence-corrected chi connectivity index (χ0v) is 7.16. The Morgan fingerprint density at radius 2 is 1.91 bits per heavy atom. The summed E-state index contributed by atoms with van der Waals surface area (Å²) in [5, 5.41) is 16.0. The SMILES string of the molecule is CC(C)CCCCON(O)O. The van der Waals surface area contributed by atoms with Gasteiger partial charge in [0.2, 0.25) is 0 Å². The molecule has 0 rings (SSSR count). The van der Waals surface area contributed by atoms with E-state index in [4.69, 9.17) is 10.4 Å². The highest BCUT2D eigenvalue weighted by Gasteiger charge is 1.96. The molecule has 0 bridgehead atoms. The van der Waals surface area contributed by atoms with Crippen molar-refractivity contribution in [2.75, 3.05) is 6.61 Å². The molecule has 11 heavy (non-hydrogen) atoms. The number of nitrogens with zero attached hydrogens (tertiary/aromatic N) is 1. The van der Waals surface area contributed by atoms with Crippen LogP contribution in [0.3, 0.4) is 0 Å². The van der Waals surface area contributed by atoms with E-state index in [-0.39, 0.29) is 5.39 Å². The molecule has 0 aliphatic carbocycles. The van der Waals surface area contributed by atoms with Crippen molar-refractivity contribution < 1.29 is 15.3 Å². The second kappa shape index (κ2) is 6.54. The van der Waals surface area contributed by atoms with Gasteiger partial charge in [0.1, 0.15) is 0 Å². The van der Waals surface area contributed by atoms with E-state index in [2.05, 4.69) is 18.7 Å². The largest absolute Gasteiger partial charge is 0.266 e. The van der Waals surface area contributed by atoms with Crippen molar-refractivity contribution in [2.24, 2.45) is 5.92 Å². The number of rotatable bonds is 6. The predicted octanol–water partition coefficient (Wildman–Crippen LogP) is 1.82. The van der Waals surface area contributed by atoms with Crippen molar-refractivity contribution >= 4 is 0 Å². The van der Waals surface area contributed by atoms with E-state index < -0.39 is 0 Å². The van der Waals surface area contributed by atoms with E-state index >= 15 is 0 Å². The van der Waals surface area contributed by atoms with Gasteiger partial charge in [0, 0.05) is 0 Å². The van der Waals surface area contributed by atoms with E-state index in [1.807, 2.05) is 0 Å². The van der Waals surface area contributed by atoms with Gasteiger partial charge >= 0.3 is 0 Å². The molecule has 0 aromatic carbocycles. The van der Waals surface area contributed by atoms with Gasteiger partial charge in [-0.25, -0.2) is 0 Å². The second-order valence-electron chi connectivity index (χ2n) is 2.98. The molecule has 0 radical (unpaired) electrons. The number of hydrogen-bond acceptors (Lipinski definition) is 4. The van der Waals surface area contributed by atoms with Gasteiger partial charge < -0.3 is 0 Å². The first-order valence-electron chi connectivity index (χ1n) is 3.93. The molecule has 4 nitrogen and oxygen atoms in total. The molecule has 0 atom stereocenters. The zero-order chi connectivity index (χ0) is 8.69. The van der Waals surface area contributed by atoms with Crippen LogP contribution in [0.4, 0.5) is 0 Å². The maximum Gasteiger partial charge on any atom is 0.0736 e. The van der Waals surface area contributed by atoms with Crippen LogP contribution in [-0.2, 0) is 4.84 Å². The van der Waals surface area contributed by atoms with Crippen LogP contribution in [0.1, 0.15) is 33.1 Å². The lowest BCUT2D eigenvalue weighted by Crippen LogP contribution is -2.14. The minimum absolute atomic E-state index is 0.241. The Balaban J connectivity index is 2.91. The van der Waals surface area contributed by atoms with Crippen LogP contribution >= 0.6 is 0 Å². The third-order valence-corrected chi connectivity index (χ3v) is 1.38. The van der Waals surface area contributed by atoms with Gasteiger partial charge in [0.15, 0.2) is 0 Å². The Morgan fingerprint density at radius 3 is 2.36 bits per heavy atom. The first-order chi connectivity index (χ1) is 5.13. The summed E-state index contributed by atoms with van der Waals surface area (Å²) in [7, 11) is 0. The molecule has 0 heterocycles. The molecule has 0 aromatic rings. The summed E-state index contributed by atoms with van der Waals surface area (Å²) in [4.78, 5) is 4.37. The standard InChI is InChI=1S/C7H17NO3/c1-7(2)5-3-4-6-11-8(9)10/h7,9-10H,3-6H2,1-2H3. The average Bonchev–Trinajstić information content (AvgIpc) is 1.85. The van der Waals surface area contributed by atoms with Gasteiger partial charge in [-0.05, 0) is 12.3 Å². The van der Waals surface area contributed by atoms with Crippen LogP contribution in [0.15, 0.2) is 0 Å². The molecule has 0 spiro atoms. The molecular formula is C7H17NO3. The molecule has 0 aliphatic rings. The van der Waals surface area contributed by atoms with Crippen molar-refractivity contribution in [2.45, 2.75) is 33.1 Å². The lowest BCUT2D eigenvalue weighted by Gasteiger charge is -2.06. The Hall–Kier alpha value is -0.160. The van der Waals surface area contributed by atoms with E-state index in [9.17, 15) is 0 Å². The molecule has 0 saturated carbocycles. The smallest absolute Gasteiger partial charge is 0.0736 e. The highest BCUT2D eigenvalue weighted by Crippen LogP contribution is 2.05. The molecule has 0 saturated heterocycles. The fraction of sp³-hybridized carbons (Fsp3) is 1.00. The first-order valence-corrected chi connectivity index (χ1v) is 3.93. The molecule has 68 valence electrons. The first kappa shape index (κ1) is 10.8. The maximum absolute atomic E-state index is 8.13. The normalized spacial score (nSPS) is 11.5. The van der Waals surface area contributed by atoms with Crippen LogP contribution in [0.5, 0.6) is 0 Å². The molecule has 0 fully saturated rings. The second-order valence-corrected chi connectivity index (χ2v) is 2.98. The zero-order valence-electron chi connectivity index (χ0n) is 7.16. The van der Waals surface area contributed by atoms with E-state index in [1.54, 1.807) is 0 Å². The molecule has 0 aromatic heterocycles. The van der Waals surface area contributed by atoms with Crippen molar-refractivity contribution in [3.63, 3.8) is 0 Å². The summed E-state index contributed by atoms with van der Waals surface area (Å²) in [5.74, 6) is 0.703. The summed E-state index contributed by atoms with van der Waals surface area (Å²) < 4.78 is 0. The van der Waals surface area contributed by atoms with Gasteiger partial charge in [-0.15, -0.1) is 0 Å². The lowest BCUT2D eigenvalue weighted by atomic mass is 10.1. The van der Waals surface area contributed by atoms with Crippen molar-refractivity contribution in [1.29, 1.82) is 0 Å². The molecule has 0 amide bonds. The highest BCUT2D eigenvalue weighted by molar-refractivity contribution is 4.44. The number of hydrogen-bond donors (Lipinski definition) is 2. The highest BCUT2D eigenvalue weighted by atomic mass is 17.1. The van der Waals surface area contributed by atoms with Crippen LogP contribution in [0.25, 0.3) is 0 Å². The van der Waals surface area contributed by atoms with Crippen molar-refractivity contribution in [3.8, 4) is 0 Å². The summed E-state index contributed by atoms with van der Waals surface area (Å²) in [6, 6.07) is 0. The topological polar surface area (TPSA) is 52.9 Å². The van der Waals surface area contributed by atoms with Crippen LogP contribution in [0, 0.1) is 5.92 Å². The van der Waals surface area contributed by atoms with Gasteiger partial charge in [-0.2, -0.15) is 0 Å². The quantitative estimate of drug-likeness (QED) is 0.463. The molecule has 0 aliphatic heterocycles. The van der Waals surface area contributed by atoms with E-state index in [1.165, 1.54) is 0 Å². The minimum Gasteiger partial charge on any atom is -0.266 e. The summed E-state index contributed by atoms with van der Waals surface area (Å²) in [6.07, 6.45) is 3.07. The molecule has 4 heteroatoms. The van der Waals surface area contributed by atoms with Gasteiger partial charge in [0.05, 0.1) is 12.0 Å². The van der Waals surface area contributed by atoms with Crippen LogP contribution in [-0.4, -0.2) is 22.4 Å². The van der Waals surface area contributed by atoms with Crippen LogP contribution < -0.4 is 0 Å². The molecule has 2 N–H and O–H groups in total. The summed E-state index contributed by atoms with van der Waals surface area (Å²) in [5.41, 5.74) is 0. The summed E-state index contributed by atoms with van der Waals surface area (Å²) >= 11 is 0. The Labute approximate surface area is 67.3 Å². The predicted molar refractivity (Wildman–Crippen MR) is 40.1 cm³/mol. The van der Waals surface area contributed by atoms with E-state index in [0.29, 0.717) is 12.5 Å². The Kier molecular flexibility index (Phi) is 6.45. The average molecular weight is 163 g/mol.